The van der Waals surface area contributed by atoms with Gasteiger partial charge < -0.3 is 9.47 Å². The molecule has 1 heterocycles. The molecule has 0 aliphatic carbocycles. The summed E-state index contributed by atoms with van der Waals surface area (Å²) in [6, 6.07) is 3.63. The molecule has 0 fully saturated rings. The molecule has 150 valence electrons. The van der Waals surface area contributed by atoms with E-state index in [1.165, 1.54) is 44.9 Å². The molecule has 1 aliphatic heterocycles. The van der Waals surface area contributed by atoms with Gasteiger partial charge in [0, 0.05) is 16.1 Å². The highest BCUT2D eigenvalue weighted by atomic mass is 79.9. The number of benzene rings is 1. The van der Waals surface area contributed by atoms with Crippen LogP contribution in [0, 0.1) is 10.1 Å². The number of hydrogen-bond donors (Lipinski definition) is 0. The van der Waals surface area contributed by atoms with Crippen LogP contribution in [0.3, 0.4) is 0 Å². The van der Waals surface area contributed by atoms with Gasteiger partial charge >= 0.3 is 0 Å². The average molecular weight is 440 g/mol. The lowest BCUT2D eigenvalue weighted by molar-refractivity contribution is -0.433. The van der Waals surface area contributed by atoms with E-state index in [4.69, 9.17) is 9.47 Å². The average Bonchev–Trinajstić information content (AvgIpc) is 2.65. The van der Waals surface area contributed by atoms with Gasteiger partial charge in [-0.3, -0.25) is 10.1 Å². The minimum Gasteiger partial charge on any atom is -0.493 e. The molecule has 0 saturated heterocycles. The second-order valence-corrected chi connectivity index (χ2v) is 7.99. The molecule has 0 bridgehead atoms. The molecular formula is C21H30BrNO4. The van der Waals surface area contributed by atoms with Gasteiger partial charge in [-0.2, -0.15) is 0 Å². The highest BCUT2D eigenvalue weighted by Gasteiger charge is 2.33. The Morgan fingerprint density at radius 2 is 1.74 bits per heavy atom. The minimum atomic E-state index is -0.521. The number of nitro groups is 1. The van der Waals surface area contributed by atoms with Gasteiger partial charge in [0.2, 0.25) is 0 Å². The maximum atomic E-state index is 11.5. The number of fused-ring (bicyclic) bond motifs is 1. The van der Waals surface area contributed by atoms with Gasteiger partial charge in [-0.05, 0) is 25.0 Å². The number of unbranched alkanes of at least 4 members (excludes halogenated alkanes) is 8. The molecular weight excluding hydrogens is 410 g/mol. The maximum Gasteiger partial charge on any atom is 0.287 e. The van der Waals surface area contributed by atoms with Crippen LogP contribution < -0.4 is 9.47 Å². The number of ether oxygens (including phenoxy) is 2. The Bertz CT molecular complexity index is 660. The molecule has 0 spiro atoms. The van der Waals surface area contributed by atoms with Crippen LogP contribution in [-0.2, 0) is 0 Å². The molecule has 0 aromatic heterocycles. The topological polar surface area (TPSA) is 61.6 Å². The van der Waals surface area contributed by atoms with Crippen molar-refractivity contribution in [2.24, 2.45) is 0 Å². The van der Waals surface area contributed by atoms with Crippen molar-refractivity contribution in [3.05, 3.63) is 38.0 Å². The van der Waals surface area contributed by atoms with Crippen LogP contribution >= 0.6 is 15.9 Å². The van der Waals surface area contributed by atoms with Crippen LogP contribution in [0.15, 0.2) is 22.3 Å². The highest BCUT2D eigenvalue weighted by molar-refractivity contribution is 9.10. The summed E-state index contributed by atoms with van der Waals surface area (Å²) >= 11 is 3.41. The maximum absolute atomic E-state index is 11.5. The first-order valence-corrected chi connectivity index (χ1v) is 10.8. The first-order chi connectivity index (χ1) is 13.1. The predicted octanol–water partition coefficient (Wildman–Crippen LogP) is 6.76. The Morgan fingerprint density at radius 1 is 1.11 bits per heavy atom. The van der Waals surface area contributed by atoms with Gasteiger partial charge in [-0.25, -0.2) is 0 Å². The van der Waals surface area contributed by atoms with E-state index in [-0.39, 0.29) is 10.6 Å². The zero-order chi connectivity index (χ0) is 19.6. The van der Waals surface area contributed by atoms with Crippen molar-refractivity contribution >= 4 is 22.0 Å². The Kier molecular flexibility index (Phi) is 9.11. The molecule has 5 nitrogen and oxygen atoms in total. The summed E-state index contributed by atoms with van der Waals surface area (Å²) in [5.74, 6) is 1.18. The predicted molar refractivity (Wildman–Crippen MR) is 112 cm³/mol. The summed E-state index contributed by atoms with van der Waals surface area (Å²) in [7, 11) is 1.58. The van der Waals surface area contributed by atoms with Crippen LogP contribution in [0.2, 0.25) is 0 Å². The summed E-state index contributed by atoms with van der Waals surface area (Å²) in [5.41, 5.74) is 0.804. The van der Waals surface area contributed by atoms with E-state index in [1.807, 2.05) is 12.1 Å². The fourth-order valence-corrected chi connectivity index (χ4v) is 3.90. The number of hydrogen-bond acceptors (Lipinski definition) is 4. The number of halogens is 1. The van der Waals surface area contributed by atoms with Gasteiger partial charge in [-0.1, -0.05) is 74.2 Å². The standard InChI is InChI=1S/C21H30BrNO4/c1-3-4-5-6-7-8-9-10-11-12-19-18(23(24)25)14-16-13-17(22)15-20(26-2)21(16)27-19/h13-15,19H,3-12H2,1-2H3. The van der Waals surface area contributed by atoms with Gasteiger partial charge in [-0.15, -0.1) is 0 Å². The first kappa shape index (κ1) is 21.7. The van der Waals surface area contributed by atoms with Crippen molar-refractivity contribution in [1.82, 2.24) is 0 Å². The minimum absolute atomic E-state index is 0.127. The van der Waals surface area contributed by atoms with Crippen LogP contribution in [0.25, 0.3) is 6.08 Å². The van der Waals surface area contributed by atoms with Gasteiger partial charge in [0.15, 0.2) is 17.6 Å². The van der Waals surface area contributed by atoms with E-state index < -0.39 is 6.10 Å². The van der Waals surface area contributed by atoms with Crippen molar-refractivity contribution in [1.29, 1.82) is 0 Å². The smallest absolute Gasteiger partial charge is 0.287 e. The van der Waals surface area contributed by atoms with Crippen LogP contribution in [0.5, 0.6) is 11.5 Å². The molecule has 27 heavy (non-hydrogen) atoms. The van der Waals surface area contributed by atoms with Crippen LogP contribution in [0.1, 0.15) is 76.7 Å². The first-order valence-electron chi connectivity index (χ1n) is 9.97. The third kappa shape index (κ3) is 6.52. The molecule has 1 unspecified atom stereocenters. The molecule has 0 saturated carbocycles. The number of nitrogens with zero attached hydrogens (tertiary/aromatic N) is 1. The third-order valence-corrected chi connectivity index (χ3v) is 5.40. The monoisotopic (exact) mass is 439 g/mol. The quantitative estimate of drug-likeness (QED) is 0.205. The van der Waals surface area contributed by atoms with E-state index in [9.17, 15) is 10.1 Å². The fraction of sp³-hybridized carbons (Fsp3) is 0.619. The van der Waals surface area contributed by atoms with Crippen molar-refractivity contribution in [2.75, 3.05) is 7.11 Å². The summed E-state index contributed by atoms with van der Waals surface area (Å²) < 4.78 is 12.2. The summed E-state index contributed by atoms with van der Waals surface area (Å²) in [4.78, 5) is 11.2. The number of rotatable bonds is 12. The van der Waals surface area contributed by atoms with E-state index in [1.54, 1.807) is 13.2 Å². The number of methoxy groups -OCH3 is 1. The Hall–Kier alpha value is -1.56. The fourth-order valence-electron chi connectivity index (χ4n) is 3.45. The molecule has 1 aliphatic rings. The summed E-state index contributed by atoms with van der Waals surface area (Å²) in [6.45, 7) is 2.23. The Balaban J connectivity index is 1.87. The zero-order valence-electron chi connectivity index (χ0n) is 16.3. The van der Waals surface area contributed by atoms with Crippen molar-refractivity contribution in [3.8, 4) is 11.5 Å². The molecule has 1 aromatic carbocycles. The zero-order valence-corrected chi connectivity index (χ0v) is 17.9. The molecule has 1 aromatic rings. The Labute approximate surface area is 170 Å². The van der Waals surface area contributed by atoms with Gasteiger partial charge in [0.25, 0.3) is 5.70 Å². The van der Waals surface area contributed by atoms with Crippen molar-refractivity contribution in [2.45, 2.75) is 77.2 Å². The lowest BCUT2D eigenvalue weighted by Gasteiger charge is -2.24. The van der Waals surface area contributed by atoms with Gasteiger partial charge in [0.1, 0.15) is 0 Å². The molecule has 0 radical (unpaired) electrons. The highest BCUT2D eigenvalue weighted by Crippen LogP contribution is 2.41. The largest absolute Gasteiger partial charge is 0.493 e. The molecule has 2 rings (SSSR count). The van der Waals surface area contributed by atoms with E-state index in [0.29, 0.717) is 23.5 Å². The third-order valence-electron chi connectivity index (χ3n) is 4.94. The molecule has 0 N–H and O–H groups in total. The molecule has 0 amide bonds. The summed E-state index contributed by atoms with van der Waals surface area (Å²) in [6.07, 6.45) is 12.7. The van der Waals surface area contributed by atoms with Crippen molar-refractivity contribution in [3.63, 3.8) is 0 Å². The second-order valence-electron chi connectivity index (χ2n) is 7.08. The normalized spacial score (nSPS) is 15.7. The van der Waals surface area contributed by atoms with E-state index >= 15 is 0 Å². The van der Waals surface area contributed by atoms with Crippen molar-refractivity contribution < 1.29 is 14.4 Å². The second kappa shape index (κ2) is 11.3. The van der Waals surface area contributed by atoms with Crippen LogP contribution in [0.4, 0.5) is 0 Å². The van der Waals surface area contributed by atoms with E-state index in [2.05, 4.69) is 22.9 Å². The van der Waals surface area contributed by atoms with Crippen LogP contribution in [-0.4, -0.2) is 18.1 Å². The lowest BCUT2D eigenvalue weighted by Crippen LogP contribution is -2.27. The summed E-state index contributed by atoms with van der Waals surface area (Å²) in [5, 5.41) is 11.5. The SMILES string of the molecule is CCCCCCCCCCCC1Oc2c(cc(Br)cc2OC)C=C1[N+](=O)[O-]. The van der Waals surface area contributed by atoms with E-state index in [0.717, 1.165) is 17.3 Å². The lowest BCUT2D eigenvalue weighted by atomic mass is 10.0. The Morgan fingerprint density at radius 3 is 2.33 bits per heavy atom. The molecule has 1 atom stereocenters. The molecule has 6 heteroatoms. The van der Waals surface area contributed by atoms with Gasteiger partial charge in [0.05, 0.1) is 12.0 Å².